The second kappa shape index (κ2) is 11.0. The Morgan fingerprint density at radius 2 is 2.00 bits per heavy atom. The Labute approximate surface area is 155 Å². The fourth-order valence-corrected chi connectivity index (χ4v) is 2.54. The Bertz CT molecular complexity index is 646. The van der Waals surface area contributed by atoms with Crippen molar-refractivity contribution in [2.24, 2.45) is 0 Å². The lowest BCUT2D eigenvalue weighted by atomic mass is 9.96. The third kappa shape index (κ3) is 6.59. The number of unbranched alkanes of at least 4 members (excludes halogenated alkanes) is 1. The molecule has 1 aromatic carbocycles. The minimum absolute atomic E-state index is 0.0355. The smallest absolute Gasteiger partial charge is 0.357 e. The lowest BCUT2D eigenvalue weighted by Crippen LogP contribution is -2.27. The lowest BCUT2D eigenvalue weighted by Gasteiger charge is -2.15. The van der Waals surface area contributed by atoms with Gasteiger partial charge in [-0.2, -0.15) is 0 Å². The van der Waals surface area contributed by atoms with Crippen LogP contribution in [0.5, 0.6) is 0 Å². The quantitative estimate of drug-likeness (QED) is 0.357. The topological polar surface area (TPSA) is 64.6 Å². The van der Waals surface area contributed by atoms with Crippen molar-refractivity contribution < 1.29 is 23.6 Å². The molecular formula is C18H23BrFNO4. The van der Waals surface area contributed by atoms with Crippen molar-refractivity contribution >= 4 is 27.7 Å². The van der Waals surface area contributed by atoms with Crippen LogP contribution < -0.4 is 5.48 Å². The fraction of sp³-hybridized carbons (Fsp3) is 0.444. The van der Waals surface area contributed by atoms with Gasteiger partial charge >= 0.3 is 5.97 Å². The van der Waals surface area contributed by atoms with E-state index in [-0.39, 0.29) is 36.5 Å². The predicted octanol–water partition coefficient (Wildman–Crippen LogP) is 3.86. The van der Waals surface area contributed by atoms with Crippen molar-refractivity contribution in [3.63, 3.8) is 0 Å². The summed E-state index contributed by atoms with van der Waals surface area (Å²) in [7, 11) is 1.33. The van der Waals surface area contributed by atoms with Gasteiger partial charge in [-0.1, -0.05) is 35.3 Å². The number of carbonyl (C=O) groups is 2. The molecule has 138 valence electrons. The van der Waals surface area contributed by atoms with Crippen molar-refractivity contribution in [1.29, 1.82) is 0 Å². The molecule has 0 amide bonds. The number of hydrogen-bond acceptors (Lipinski definition) is 5. The average Bonchev–Trinajstić information content (AvgIpc) is 2.57. The SMILES string of the molecule is CCCCC(=O)C(Cc1ccc(Br)cc1F)=C(NOC)C(=O)OCC. The first kappa shape index (κ1) is 21.3. The molecule has 0 heterocycles. The molecule has 0 fully saturated rings. The van der Waals surface area contributed by atoms with Gasteiger partial charge in [-0.05, 0) is 31.0 Å². The van der Waals surface area contributed by atoms with Gasteiger partial charge in [0.05, 0.1) is 13.7 Å². The van der Waals surface area contributed by atoms with E-state index in [4.69, 9.17) is 9.57 Å². The Hall–Kier alpha value is -1.73. The molecule has 0 unspecified atom stereocenters. The van der Waals surface area contributed by atoms with Gasteiger partial charge in [0.2, 0.25) is 0 Å². The number of hydroxylamine groups is 1. The Morgan fingerprint density at radius 3 is 2.56 bits per heavy atom. The summed E-state index contributed by atoms with van der Waals surface area (Å²) < 4.78 is 19.8. The van der Waals surface area contributed by atoms with Gasteiger partial charge in [0.1, 0.15) is 5.82 Å². The van der Waals surface area contributed by atoms with Crippen LogP contribution in [0.25, 0.3) is 0 Å². The largest absolute Gasteiger partial charge is 0.461 e. The molecule has 1 aromatic rings. The lowest BCUT2D eigenvalue weighted by molar-refractivity contribution is -0.140. The summed E-state index contributed by atoms with van der Waals surface area (Å²) in [5.41, 5.74) is 2.79. The van der Waals surface area contributed by atoms with Crippen LogP contribution in [-0.4, -0.2) is 25.5 Å². The molecule has 25 heavy (non-hydrogen) atoms. The molecule has 0 bridgehead atoms. The molecular weight excluding hydrogens is 393 g/mol. The van der Waals surface area contributed by atoms with Gasteiger partial charge in [-0.25, -0.2) is 9.18 Å². The van der Waals surface area contributed by atoms with Crippen molar-refractivity contribution in [3.05, 3.63) is 45.3 Å². The number of nitrogens with one attached hydrogen (secondary N) is 1. The number of esters is 1. The molecule has 7 heteroatoms. The zero-order valence-electron chi connectivity index (χ0n) is 14.7. The molecule has 0 spiro atoms. The second-order valence-corrected chi connectivity index (χ2v) is 6.24. The van der Waals surface area contributed by atoms with Gasteiger partial charge in [-0.15, -0.1) is 0 Å². The molecule has 0 aliphatic rings. The summed E-state index contributed by atoms with van der Waals surface area (Å²) in [5, 5.41) is 0. The number of carbonyl (C=O) groups excluding carboxylic acids is 2. The van der Waals surface area contributed by atoms with Crippen LogP contribution in [0.3, 0.4) is 0 Å². The van der Waals surface area contributed by atoms with E-state index in [1.807, 2.05) is 6.92 Å². The Kier molecular flexibility index (Phi) is 9.37. The number of allylic oxidation sites excluding steroid dienone is 1. The van der Waals surface area contributed by atoms with E-state index < -0.39 is 11.8 Å². The normalized spacial score (nSPS) is 11.7. The molecule has 0 saturated carbocycles. The summed E-state index contributed by atoms with van der Waals surface area (Å²) in [6.45, 7) is 3.77. The minimum Gasteiger partial charge on any atom is -0.461 e. The monoisotopic (exact) mass is 415 g/mol. The highest BCUT2D eigenvalue weighted by Gasteiger charge is 2.23. The molecule has 1 N–H and O–H groups in total. The Morgan fingerprint density at radius 1 is 1.28 bits per heavy atom. The van der Waals surface area contributed by atoms with Crippen LogP contribution in [0.15, 0.2) is 33.9 Å². The molecule has 0 aromatic heterocycles. The van der Waals surface area contributed by atoms with E-state index >= 15 is 0 Å². The highest BCUT2D eigenvalue weighted by molar-refractivity contribution is 9.10. The van der Waals surface area contributed by atoms with Gasteiger partial charge < -0.3 is 4.74 Å². The van der Waals surface area contributed by atoms with Crippen LogP contribution in [-0.2, 0) is 25.6 Å². The van der Waals surface area contributed by atoms with Gasteiger partial charge in [0.25, 0.3) is 0 Å². The number of rotatable bonds is 10. The first-order valence-corrected chi connectivity index (χ1v) is 8.90. The third-order valence-corrected chi connectivity index (χ3v) is 3.96. The van der Waals surface area contributed by atoms with Crippen molar-refractivity contribution in [2.75, 3.05) is 13.7 Å². The van der Waals surface area contributed by atoms with Gasteiger partial charge in [0, 0.05) is 22.9 Å². The highest BCUT2D eigenvalue weighted by atomic mass is 79.9. The summed E-state index contributed by atoms with van der Waals surface area (Å²) in [5.74, 6) is -1.41. The second-order valence-electron chi connectivity index (χ2n) is 5.32. The first-order chi connectivity index (χ1) is 11.9. The molecule has 0 saturated heterocycles. The number of hydrogen-bond donors (Lipinski definition) is 1. The van der Waals surface area contributed by atoms with E-state index in [1.165, 1.54) is 13.2 Å². The van der Waals surface area contributed by atoms with Crippen LogP contribution in [0.1, 0.15) is 38.7 Å². The van der Waals surface area contributed by atoms with Crippen molar-refractivity contribution in [3.8, 4) is 0 Å². The first-order valence-electron chi connectivity index (χ1n) is 8.10. The maximum atomic E-state index is 14.2. The maximum Gasteiger partial charge on any atom is 0.357 e. The van der Waals surface area contributed by atoms with Crippen LogP contribution in [0.2, 0.25) is 0 Å². The van der Waals surface area contributed by atoms with E-state index in [2.05, 4.69) is 21.4 Å². The van der Waals surface area contributed by atoms with E-state index in [1.54, 1.807) is 19.1 Å². The van der Waals surface area contributed by atoms with Crippen LogP contribution in [0, 0.1) is 5.82 Å². The molecule has 0 radical (unpaired) electrons. The zero-order valence-corrected chi connectivity index (χ0v) is 16.2. The summed E-state index contributed by atoms with van der Waals surface area (Å²) in [4.78, 5) is 29.7. The maximum absolute atomic E-state index is 14.2. The van der Waals surface area contributed by atoms with Crippen molar-refractivity contribution in [2.45, 2.75) is 39.5 Å². The van der Waals surface area contributed by atoms with Gasteiger partial charge in [-0.3, -0.25) is 15.1 Å². The third-order valence-electron chi connectivity index (χ3n) is 3.46. The molecule has 5 nitrogen and oxygen atoms in total. The number of Topliss-reactive ketones (excluding diaryl/α,β-unsaturated/α-hetero) is 1. The number of halogens is 2. The molecule has 0 aliphatic heterocycles. The van der Waals surface area contributed by atoms with Crippen LogP contribution >= 0.6 is 15.9 Å². The van der Waals surface area contributed by atoms with E-state index in [0.29, 0.717) is 16.5 Å². The molecule has 0 atom stereocenters. The number of benzene rings is 1. The van der Waals surface area contributed by atoms with Gasteiger partial charge in [0.15, 0.2) is 11.5 Å². The van der Waals surface area contributed by atoms with Crippen molar-refractivity contribution in [1.82, 2.24) is 5.48 Å². The summed E-state index contributed by atoms with van der Waals surface area (Å²) in [6.07, 6.45) is 1.73. The fourth-order valence-electron chi connectivity index (χ4n) is 2.20. The predicted molar refractivity (Wildman–Crippen MR) is 96.1 cm³/mol. The standard InChI is InChI=1S/C18H23BrFNO4/c1-4-6-7-16(22)14(17(21-24-3)18(23)25-5-2)10-12-8-9-13(19)11-15(12)20/h8-9,11,21H,4-7,10H2,1-3H3. The van der Waals surface area contributed by atoms with E-state index in [0.717, 1.165) is 6.42 Å². The summed E-state index contributed by atoms with van der Waals surface area (Å²) in [6, 6.07) is 4.57. The minimum atomic E-state index is -0.707. The molecule has 1 rings (SSSR count). The van der Waals surface area contributed by atoms with E-state index in [9.17, 15) is 14.0 Å². The summed E-state index contributed by atoms with van der Waals surface area (Å²) >= 11 is 3.20. The number of ketones is 1. The Balaban J connectivity index is 3.31. The molecule has 0 aliphatic carbocycles. The average molecular weight is 416 g/mol. The number of ether oxygens (including phenoxy) is 1. The van der Waals surface area contributed by atoms with Crippen LogP contribution in [0.4, 0.5) is 4.39 Å². The zero-order chi connectivity index (χ0) is 18.8. The highest BCUT2D eigenvalue weighted by Crippen LogP contribution is 2.21.